The lowest BCUT2D eigenvalue weighted by atomic mass is 9.93. The maximum Gasteiger partial charge on any atom is 0.196 e. The lowest BCUT2D eigenvalue weighted by molar-refractivity contribution is -0.0470. The molecule has 0 saturated carbocycles. The molecule has 2 aromatic rings. The molecule has 1 heterocycles. The average molecular weight is 322 g/mol. The Bertz CT molecular complexity index is 769. The van der Waals surface area contributed by atoms with Crippen molar-refractivity contribution in [3.05, 3.63) is 33.7 Å². The average Bonchev–Trinajstić information content (AvgIpc) is 2.46. The molecule has 0 saturated heterocycles. The number of benzene rings is 1. The molecule has 1 atom stereocenters. The molecule has 1 aromatic heterocycles. The molecule has 0 aliphatic heterocycles. The smallest absolute Gasteiger partial charge is 0.196 e. The number of aliphatic hydroxyl groups is 2. The van der Waals surface area contributed by atoms with Crippen LogP contribution in [0, 0.1) is 6.92 Å². The van der Waals surface area contributed by atoms with Gasteiger partial charge in [0, 0.05) is 24.1 Å². The fourth-order valence-electron chi connectivity index (χ4n) is 2.43. The van der Waals surface area contributed by atoms with Gasteiger partial charge in [-0.3, -0.25) is 4.79 Å². The Balaban J connectivity index is 2.78. The molecular weight excluding hydrogens is 300 g/mol. The quantitative estimate of drug-likeness (QED) is 0.872. The van der Waals surface area contributed by atoms with E-state index in [1.54, 1.807) is 13.0 Å². The number of fused-ring (bicyclic) bond motifs is 1. The van der Waals surface area contributed by atoms with Gasteiger partial charge < -0.3 is 24.1 Å². The molecule has 1 unspecified atom stereocenters. The third-order valence-electron chi connectivity index (χ3n) is 3.80. The summed E-state index contributed by atoms with van der Waals surface area (Å²) < 4.78 is 16.3. The molecule has 0 aliphatic rings. The minimum Gasteiger partial charge on any atom is -0.496 e. The molecule has 0 bridgehead atoms. The van der Waals surface area contributed by atoms with Gasteiger partial charge in [-0.25, -0.2) is 0 Å². The Morgan fingerprint density at radius 2 is 1.83 bits per heavy atom. The normalized spacial score (nSPS) is 13.2. The van der Waals surface area contributed by atoms with Gasteiger partial charge in [0.05, 0.1) is 25.9 Å². The number of methoxy groups -OCH3 is 2. The summed E-state index contributed by atoms with van der Waals surface area (Å²) in [6.45, 7) is 4.69. The van der Waals surface area contributed by atoms with Gasteiger partial charge in [-0.15, -0.1) is 0 Å². The number of rotatable bonds is 5. The van der Waals surface area contributed by atoms with Crippen LogP contribution in [0.25, 0.3) is 11.0 Å². The van der Waals surface area contributed by atoms with E-state index in [0.29, 0.717) is 28.4 Å². The van der Waals surface area contributed by atoms with Gasteiger partial charge in [0.15, 0.2) is 5.43 Å². The van der Waals surface area contributed by atoms with Crippen LogP contribution in [-0.4, -0.2) is 36.1 Å². The molecular formula is C17H22O6. The highest BCUT2D eigenvalue weighted by Gasteiger charge is 2.28. The zero-order valence-corrected chi connectivity index (χ0v) is 14.0. The Morgan fingerprint density at radius 3 is 2.35 bits per heavy atom. The molecule has 2 rings (SSSR count). The first-order chi connectivity index (χ1) is 10.7. The van der Waals surface area contributed by atoms with Crippen LogP contribution in [0.5, 0.6) is 11.5 Å². The van der Waals surface area contributed by atoms with Crippen LogP contribution in [0.3, 0.4) is 0 Å². The highest BCUT2D eigenvalue weighted by molar-refractivity contribution is 5.88. The molecule has 6 nitrogen and oxygen atoms in total. The zero-order valence-electron chi connectivity index (χ0n) is 14.0. The Morgan fingerprint density at radius 1 is 1.22 bits per heavy atom. The molecule has 0 amide bonds. The number of hydrogen-bond acceptors (Lipinski definition) is 6. The Labute approximate surface area is 134 Å². The van der Waals surface area contributed by atoms with Crippen LogP contribution in [0.2, 0.25) is 0 Å². The summed E-state index contributed by atoms with van der Waals surface area (Å²) in [4.78, 5) is 12.3. The molecule has 0 spiro atoms. The first kappa shape index (κ1) is 17.3. The van der Waals surface area contributed by atoms with Gasteiger partial charge in [-0.2, -0.15) is 0 Å². The van der Waals surface area contributed by atoms with Crippen molar-refractivity contribution in [2.24, 2.45) is 0 Å². The number of aliphatic hydroxyl groups excluding tert-OH is 1. The first-order valence-electron chi connectivity index (χ1n) is 7.27. The highest BCUT2D eigenvalue weighted by atomic mass is 16.5. The SMILES string of the molecule is COc1cc(OC)c2c(=O)cc(C)oc2c1CC(O)C(C)(C)O. The topological polar surface area (TPSA) is 89.1 Å². The van der Waals surface area contributed by atoms with Crippen LogP contribution in [0.1, 0.15) is 25.2 Å². The summed E-state index contributed by atoms with van der Waals surface area (Å²) >= 11 is 0. The second-order valence-electron chi connectivity index (χ2n) is 6.06. The minimum absolute atomic E-state index is 0.0690. The van der Waals surface area contributed by atoms with E-state index in [9.17, 15) is 15.0 Å². The molecule has 23 heavy (non-hydrogen) atoms. The van der Waals surface area contributed by atoms with E-state index >= 15 is 0 Å². The van der Waals surface area contributed by atoms with Crippen LogP contribution < -0.4 is 14.9 Å². The highest BCUT2D eigenvalue weighted by Crippen LogP contribution is 2.36. The first-order valence-corrected chi connectivity index (χ1v) is 7.27. The lowest BCUT2D eigenvalue weighted by Gasteiger charge is -2.25. The van der Waals surface area contributed by atoms with Crippen LogP contribution in [0.15, 0.2) is 21.3 Å². The van der Waals surface area contributed by atoms with E-state index in [-0.39, 0.29) is 17.2 Å². The van der Waals surface area contributed by atoms with Crippen LogP contribution in [0.4, 0.5) is 0 Å². The summed E-state index contributed by atoms with van der Waals surface area (Å²) in [7, 11) is 2.94. The monoisotopic (exact) mass is 322 g/mol. The minimum atomic E-state index is -1.30. The zero-order chi connectivity index (χ0) is 17.4. The van der Waals surface area contributed by atoms with E-state index in [0.717, 1.165) is 0 Å². The van der Waals surface area contributed by atoms with Crippen molar-refractivity contribution < 1.29 is 24.1 Å². The molecule has 1 aromatic carbocycles. The lowest BCUT2D eigenvalue weighted by Crippen LogP contribution is -2.37. The van der Waals surface area contributed by atoms with Crippen molar-refractivity contribution in [3.8, 4) is 11.5 Å². The van der Waals surface area contributed by atoms with E-state index in [4.69, 9.17) is 13.9 Å². The van der Waals surface area contributed by atoms with E-state index < -0.39 is 11.7 Å². The van der Waals surface area contributed by atoms with Gasteiger partial charge in [-0.05, 0) is 20.8 Å². The fraction of sp³-hybridized carbons (Fsp3) is 0.471. The van der Waals surface area contributed by atoms with Crippen LogP contribution in [-0.2, 0) is 6.42 Å². The number of ether oxygens (including phenoxy) is 2. The predicted octanol–water partition coefficient (Wildman–Crippen LogP) is 1.79. The van der Waals surface area contributed by atoms with Gasteiger partial charge in [-0.1, -0.05) is 0 Å². The van der Waals surface area contributed by atoms with Crippen molar-refractivity contribution in [1.82, 2.24) is 0 Å². The maximum atomic E-state index is 12.3. The summed E-state index contributed by atoms with van der Waals surface area (Å²) in [5, 5.41) is 20.5. The largest absolute Gasteiger partial charge is 0.496 e. The van der Waals surface area contributed by atoms with Gasteiger partial charge in [0.2, 0.25) is 0 Å². The van der Waals surface area contributed by atoms with Crippen molar-refractivity contribution in [3.63, 3.8) is 0 Å². The molecule has 0 fully saturated rings. The van der Waals surface area contributed by atoms with Crippen molar-refractivity contribution in [2.75, 3.05) is 14.2 Å². The van der Waals surface area contributed by atoms with Crippen LogP contribution >= 0.6 is 0 Å². The second-order valence-corrected chi connectivity index (χ2v) is 6.06. The summed E-state index contributed by atoms with van der Waals surface area (Å²) in [6.07, 6.45) is -0.988. The fourth-order valence-corrected chi connectivity index (χ4v) is 2.43. The van der Waals surface area contributed by atoms with Gasteiger partial charge >= 0.3 is 0 Å². The molecule has 126 valence electrons. The van der Waals surface area contributed by atoms with Gasteiger partial charge in [0.1, 0.15) is 28.2 Å². The number of hydrogen-bond donors (Lipinski definition) is 2. The summed E-state index contributed by atoms with van der Waals surface area (Å²) in [5.41, 5.74) is -0.725. The third kappa shape index (κ3) is 3.33. The summed E-state index contributed by atoms with van der Waals surface area (Å²) in [6, 6.07) is 2.97. The standard InChI is InChI=1S/C17H22O6/c1-9-6-11(18)15-13(22-5)8-12(21-4)10(16(15)23-9)7-14(19)17(2,3)20/h6,8,14,19-20H,7H2,1-5H3. The summed E-state index contributed by atoms with van der Waals surface area (Å²) in [5.74, 6) is 1.20. The van der Waals surface area contributed by atoms with E-state index in [2.05, 4.69) is 0 Å². The Hall–Kier alpha value is -2.05. The second kappa shape index (κ2) is 6.22. The van der Waals surface area contributed by atoms with Crippen molar-refractivity contribution >= 4 is 11.0 Å². The Kier molecular flexibility index (Phi) is 4.68. The predicted molar refractivity (Wildman–Crippen MR) is 86.3 cm³/mol. The maximum absolute atomic E-state index is 12.3. The molecule has 6 heteroatoms. The molecule has 0 aliphatic carbocycles. The van der Waals surface area contributed by atoms with E-state index in [1.807, 2.05) is 0 Å². The molecule has 2 N–H and O–H groups in total. The third-order valence-corrected chi connectivity index (χ3v) is 3.80. The van der Waals surface area contributed by atoms with Crippen molar-refractivity contribution in [2.45, 2.75) is 38.9 Å². The van der Waals surface area contributed by atoms with Gasteiger partial charge in [0.25, 0.3) is 0 Å². The van der Waals surface area contributed by atoms with E-state index in [1.165, 1.54) is 34.1 Å². The molecule has 0 radical (unpaired) electrons. The number of aryl methyl sites for hydroxylation is 1. The van der Waals surface area contributed by atoms with Crippen molar-refractivity contribution in [1.29, 1.82) is 0 Å².